The van der Waals surface area contributed by atoms with Gasteiger partial charge >= 0.3 is 0 Å². The fraction of sp³-hybridized carbons (Fsp3) is 0.733. The van der Waals surface area contributed by atoms with E-state index in [0.717, 1.165) is 19.0 Å². The van der Waals surface area contributed by atoms with Crippen molar-refractivity contribution in [1.82, 2.24) is 5.32 Å². The third-order valence-electron chi connectivity index (χ3n) is 4.46. The minimum Gasteiger partial charge on any atom is -0.329 e. The molecule has 1 fully saturated rings. The Bertz CT molecular complexity index is 347. The van der Waals surface area contributed by atoms with Gasteiger partial charge < -0.3 is 11.1 Å². The molecule has 2 rings (SSSR count). The molecule has 1 saturated carbocycles. The Morgan fingerprint density at radius 3 is 2.94 bits per heavy atom. The van der Waals surface area contributed by atoms with E-state index in [1.54, 1.807) is 0 Å². The van der Waals surface area contributed by atoms with Gasteiger partial charge in [0.05, 0.1) is 0 Å². The lowest BCUT2D eigenvalue weighted by atomic mass is 9.68. The molecule has 0 aromatic carbocycles. The van der Waals surface area contributed by atoms with Crippen molar-refractivity contribution in [3.05, 3.63) is 22.4 Å². The summed E-state index contributed by atoms with van der Waals surface area (Å²) in [7, 11) is 0. The zero-order chi connectivity index (χ0) is 13.0. The average Bonchev–Trinajstić information content (AvgIpc) is 2.89. The molecule has 1 aliphatic carbocycles. The van der Waals surface area contributed by atoms with E-state index in [1.165, 1.54) is 30.6 Å². The number of nitrogens with one attached hydrogen (secondary N) is 1. The van der Waals surface area contributed by atoms with E-state index in [0.29, 0.717) is 5.92 Å². The van der Waals surface area contributed by atoms with E-state index in [-0.39, 0.29) is 5.54 Å². The molecule has 1 aromatic heterocycles. The molecule has 1 aliphatic rings. The molecular weight excluding hydrogens is 240 g/mol. The molecule has 18 heavy (non-hydrogen) atoms. The van der Waals surface area contributed by atoms with Crippen LogP contribution in [0.25, 0.3) is 0 Å². The first kappa shape index (κ1) is 14.0. The zero-order valence-electron chi connectivity index (χ0n) is 11.6. The molecule has 3 heteroatoms. The number of hydrogen-bond donors (Lipinski definition) is 2. The Labute approximate surface area is 115 Å². The van der Waals surface area contributed by atoms with Crippen molar-refractivity contribution in [3.63, 3.8) is 0 Å². The summed E-state index contributed by atoms with van der Waals surface area (Å²) >= 11 is 1.83. The molecule has 0 bridgehead atoms. The second-order valence-corrected chi connectivity index (χ2v) is 6.92. The van der Waals surface area contributed by atoms with Crippen LogP contribution in [0.4, 0.5) is 0 Å². The predicted molar refractivity (Wildman–Crippen MR) is 79.7 cm³/mol. The molecule has 0 radical (unpaired) electrons. The molecule has 0 spiro atoms. The van der Waals surface area contributed by atoms with E-state index in [4.69, 9.17) is 5.73 Å². The van der Waals surface area contributed by atoms with Gasteiger partial charge in [0.15, 0.2) is 0 Å². The van der Waals surface area contributed by atoms with Crippen LogP contribution in [0.15, 0.2) is 17.5 Å². The average molecular weight is 266 g/mol. The summed E-state index contributed by atoms with van der Waals surface area (Å²) in [6, 6.07) is 4.33. The van der Waals surface area contributed by atoms with Crippen LogP contribution in [0.1, 0.15) is 44.4 Å². The van der Waals surface area contributed by atoms with Crippen LogP contribution in [-0.4, -0.2) is 12.1 Å². The number of nitrogens with two attached hydrogens (primary N) is 1. The maximum atomic E-state index is 6.15. The molecular formula is C15H26N2S. The summed E-state index contributed by atoms with van der Waals surface area (Å²) in [5, 5.41) is 5.95. The molecule has 2 atom stereocenters. The van der Waals surface area contributed by atoms with Crippen molar-refractivity contribution >= 4 is 11.3 Å². The van der Waals surface area contributed by atoms with Crippen LogP contribution in [0.3, 0.4) is 0 Å². The zero-order valence-corrected chi connectivity index (χ0v) is 12.4. The summed E-state index contributed by atoms with van der Waals surface area (Å²) in [4.78, 5) is 1.41. The van der Waals surface area contributed by atoms with Gasteiger partial charge in [-0.15, -0.1) is 11.3 Å². The topological polar surface area (TPSA) is 38.0 Å². The molecule has 1 heterocycles. The maximum absolute atomic E-state index is 6.15. The molecule has 2 nitrogen and oxygen atoms in total. The lowest BCUT2D eigenvalue weighted by Gasteiger charge is -2.46. The fourth-order valence-corrected chi connectivity index (χ4v) is 4.10. The van der Waals surface area contributed by atoms with E-state index >= 15 is 0 Å². The van der Waals surface area contributed by atoms with Gasteiger partial charge in [0, 0.05) is 23.5 Å². The van der Waals surface area contributed by atoms with Gasteiger partial charge in [-0.2, -0.15) is 0 Å². The maximum Gasteiger partial charge on any atom is 0.0338 e. The van der Waals surface area contributed by atoms with Gasteiger partial charge in [-0.25, -0.2) is 0 Å². The van der Waals surface area contributed by atoms with Gasteiger partial charge in [0.2, 0.25) is 0 Å². The lowest BCUT2D eigenvalue weighted by Crippen LogP contribution is -2.58. The Balaban J connectivity index is 2.06. The summed E-state index contributed by atoms with van der Waals surface area (Å²) in [6.45, 7) is 6.42. The Hall–Kier alpha value is -0.380. The smallest absolute Gasteiger partial charge is 0.0338 e. The van der Waals surface area contributed by atoms with Gasteiger partial charge in [0.25, 0.3) is 0 Å². The van der Waals surface area contributed by atoms with Crippen LogP contribution in [-0.2, 0) is 6.54 Å². The normalized spacial score (nSPS) is 28.8. The molecule has 2 unspecified atom stereocenters. The van der Waals surface area contributed by atoms with Gasteiger partial charge in [0.1, 0.15) is 0 Å². The Morgan fingerprint density at radius 1 is 1.50 bits per heavy atom. The standard InChI is InChI=1S/C15H26N2S/c1-12(2)14-7-3-4-8-15(14,11-16)17-10-13-6-5-9-18-13/h5-6,9,12,14,17H,3-4,7-8,10-11,16H2,1-2H3. The molecule has 0 aliphatic heterocycles. The van der Waals surface area contributed by atoms with Crippen LogP contribution < -0.4 is 11.1 Å². The minimum atomic E-state index is 0.163. The summed E-state index contributed by atoms with van der Waals surface area (Å²) in [6.07, 6.45) is 5.24. The van der Waals surface area contributed by atoms with E-state index in [1.807, 2.05) is 11.3 Å². The van der Waals surface area contributed by atoms with Crippen LogP contribution in [0.2, 0.25) is 0 Å². The largest absolute Gasteiger partial charge is 0.329 e. The van der Waals surface area contributed by atoms with E-state index in [2.05, 4.69) is 36.7 Å². The third-order valence-corrected chi connectivity index (χ3v) is 5.34. The number of hydrogen-bond acceptors (Lipinski definition) is 3. The second kappa shape index (κ2) is 6.18. The third kappa shape index (κ3) is 2.95. The summed E-state index contributed by atoms with van der Waals surface area (Å²) < 4.78 is 0. The first-order valence-electron chi connectivity index (χ1n) is 7.15. The highest BCUT2D eigenvalue weighted by molar-refractivity contribution is 7.09. The second-order valence-electron chi connectivity index (χ2n) is 5.89. The highest BCUT2D eigenvalue weighted by Gasteiger charge is 2.40. The summed E-state index contributed by atoms with van der Waals surface area (Å²) in [5.74, 6) is 1.43. The molecule has 0 saturated heterocycles. The monoisotopic (exact) mass is 266 g/mol. The fourth-order valence-electron chi connectivity index (χ4n) is 3.46. The predicted octanol–water partition coefficient (Wildman–Crippen LogP) is 3.38. The van der Waals surface area contributed by atoms with E-state index in [9.17, 15) is 0 Å². The Morgan fingerprint density at radius 2 is 2.33 bits per heavy atom. The van der Waals surface area contributed by atoms with Crippen molar-refractivity contribution in [2.24, 2.45) is 17.6 Å². The first-order valence-corrected chi connectivity index (χ1v) is 8.03. The van der Waals surface area contributed by atoms with Crippen molar-refractivity contribution < 1.29 is 0 Å². The quantitative estimate of drug-likeness (QED) is 0.857. The molecule has 0 amide bonds. The molecule has 102 valence electrons. The van der Waals surface area contributed by atoms with Crippen molar-refractivity contribution in [2.75, 3.05) is 6.54 Å². The molecule has 1 aromatic rings. The van der Waals surface area contributed by atoms with E-state index < -0.39 is 0 Å². The highest BCUT2D eigenvalue weighted by Crippen LogP contribution is 2.38. The van der Waals surface area contributed by atoms with Crippen molar-refractivity contribution in [1.29, 1.82) is 0 Å². The summed E-state index contributed by atoms with van der Waals surface area (Å²) in [5.41, 5.74) is 6.31. The van der Waals surface area contributed by atoms with Crippen LogP contribution in [0, 0.1) is 11.8 Å². The molecule has 3 N–H and O–H groups in total. The van der Waals surface area contributed by atoms with Crippen molar-refractivity contribution in [2.45, 2.75) is 51.6 Å². The minimum absolute atomic E-state index is 0.163. The number of thiophene rings is 1. The van der Waals surface area contributed by atoms with Gasteiger partial charge in [-0.3, -0.25) is 0 Å². The SMILES string of the molecule is CC(C)C1CCCCC1(CN)NCc1cccs1. The van der Waals surface area contributed by atoms with Gasteiger partial charge in [-0.1, -0.05) is 32.8 Å². The van der Waals surface area contributed by atoms with Gasteiger partial charge in [-0.05, 0) is 36.1 Å². The highest BCUT2D eigenvalue weighted by atomic mass is 32.1. The van der Waals surface area contributed by atoms with Crippen molar-refractivity contribution in [3.8, 4) is 0 Å². The Kier molecular flexibility index (Phi) is 4.82. The van der Waals surface area contributed by atoms with Crippen LogP contribution in [0.5, 0.6) is 0 Å². The first-order chi connectivity index (χ1) is 8.68. The van der Waals surface area contributed by atoms with Crippen LogP contribution >= 0.6 is 11.3 Å². The lowest BCUT2D eigenvalue weighted by molar-refractivity contribution is 0.107. The number of rotatable bonds is 5.